The van der Waals surface area contributed by atoms with Crippen LogP contribution < -0.4 is 20.3 Å². The first-order valence-corrected chi connectivity index (χ1v) is 16.0. The van der Waals surface area contributed by atoms with Crippen LogP contribution in [0.4, 0.5) is 19.0 Å². The molecule has 1 saturated carbocycles. The van der Waals surface area contributed by atoms with E-state index in [1.54, 1.807) is 6.07 Å². The van der Waals surface area contributed by atoms with Gasteiger partial charge in [0.15, 0.2) is 17.5 Å². The summed E-state index contributed by atoms with van der Waals surface area (Å²) in [7, 11) is 0. The van der Waals surface area contributed by atoms with Crippen LogP contribution in [0.5, 0.6) is 11.8 Å². The van der Waals surface area contributed by atoms with Gasteiger partial charge in [-0.1, -0.05) is 12.1 Å². The molecule has 234 valence electrons. The summed E-state index contributed by atoms with van der Waals surface area (Å²) in [5.74, 6) is -1.66. The van der Waals surface area contributed by atoms with Gasteiger partial charge in [-0.3, -0.25) is 0 Å². The third-order valence-corrected chi connectivity index (χ3v) is 10.7. The molecule has 9 rings (SSSR count). The van der Waals surface area contributed by atoms with Gasteiger partial charge in [0.1, 0.15) is 17.1 Å². The van der Waals surface area contributed by atoms with E-state index >= 15 is 8.78 Å². The van der Waals surface area contributed by atoms with Crippen molar-refractivity contribution in [3.63, 3.8) is 0 Å². The fraction of sp³-hybridized carbons (Fsp3) is 0.471. The van der Waals surface area contributed by atoms with Crippen molar-refractivity contribution in [2.45, 2.75) is 43.8 Å². The molecule has 0 radical (unpaired) electrons. The van der Waals surface area contributed by atoms with Crippen LogP contribution in [-0.4, -0.2) is 84.0 Å². The van der Waals surface area contributed by atoms with Crippen molar-refractivity contribution in [2.24, 2.45) is 11.3 Å². The second-order valence-corrected chi connectivity index (χ2v) is 13.9. The lowest BCUT2D eigenvalue weighted by molar-refractivity contribution is 0.169. The SMILES string of the molecule is Oc1cc(-c2ccc3c(N4CC5CCC(C4)N5)nc(OCC4(CN5CC6CNC6C5)CC4)nc3c2F)c2c(F)c(F)ccc2c1. The van der Waals surface area contributed by atoms with Gasteiger partial charge >= 0.3 is 6.01 Å². The molecular formula is C34H35F3N6O2. The van der Waals surface area contributed by atoms with Crippen LogP contribution in [0.1, 0.15) is 25.7 Å². The van der Waals surface area contributed by atoms with Crippen LogP contribution in [0.3, 0.4) is 0 Å². The zero-order valence-electron chi connectivity index (χ0n) is 24.8. The number of piperazine rings is 1. The van der Waals surface area contributed by atoms with Crippen LogP contribution in [0.25, 0.3) is 32.8 Å². The Bertz CT molecular complexity index is 1830. The molecule has 5 aliphatic rings. The highest BCUT2D eigenvalue weighted by atomic mass is 19.2. The Balaban J connectivity index is 1.11. The van der Waals surface area contributed by atoms with Crippen LogP contribution >= 0.6 is 0 Å². The highest BCUT2D eigenvalue weighted by molar-refractivity contribution is 6.01. The lowest BCUT2D eigenvalue weighted by atomic mass is 9.95. The molecule has 0 spiro atoms. The topological polar surface area (TPSA) is 85.8 Å². The molecular weight excluding hydrogens is 581 g/mol. The van der Waals surface area contributed by atoms with Crippen LogP contribution in [0.2, 0.25) is 0 Å². The fourth-order valence-corrected chi connectivity index (χ4v) is 8.09. The number of nitrogens with one attached hydrogen (secondary N) is 2. The molecule has 2 bridgehead atoms. The van der Waals surface area contributed by atoms with E-state index in [4.69, 9.17) is 9.72 Å². The Kier molecular flexibility index (Phi) is 6.24. The van der Waals surface area contributed by atoms with Gasteiger partial charge in [0, 0.05) is 85.1 Å². The number of hydrogen-bond donors (Lipinski definition) is 3. The smallest absolute Gasteiger partial charge is 0.319 e. The van der Waals surface area contributed by atoms with Crippen LogP contribution in [0, 0.1) is 28.8 Å². The first kappa shape index (κ1) is 27.6. The first-order chi connectivity index (χ1) is 21.8. The predicted molar refractivity (Wildman–Crippen MR) is 165 cm³/mol. The monoisotopic (exact) mass is 616 g/mol. The molecule has 4 unspecified atom stereocenters. The maximum absolute atomic E-state index is 16.7. The van der Waals surface area contributed by atoms with Crippen LogP contribution in [0.15, 0.2) is 36.4 Å². The molecule has 3 aromatic carbocycles. The molecule has 3 N–H and O–H groups in total. The average molecular weight is 617 g/mol. The highest BCUT2D eigenvalue weighted by Crippen LogP contribution is 2.48. The number of halogens is 3. The van der Waals surface area contributed by atoms with Crippen molar-refractivity contribution in [1.82, 2.24) is 25.5 Å². The van der Waals surface area contributed by atoms with E-state index in [0.29, 0.717) is 35.9 Å². The Morgan fingerprint density at radius 2 is 1.76 bits per heavy atom. The normalized spacial score (nSPS) is 26.8. The van der Waals surface area contributed by atoms with E-state index in [1.807, 2.05) is 0 Å². The first-order valence-electron chi connectivity index (χ1n) is 16.0. The lowest BCUT2D eigenvalue weighted by Gasteiger charge is -2.34. The number of ether oxygens (including phenoxy) is 1. The summed E-state index contributed by atoms with van der Waals surface area (Å²) in [6, 6.07) is 9.64. The van der Waals surface area contributed by atoms with E-state index in [0.717, 1.165) is 76.9 Å². The molecule has 4 saturated heterocycles. The molecule has 5 heterocycles. The van der Waals surface area contributed by atoms with Crippen molar-refractivity contribution < 1.29 is 23.0 Å². The van der Waals surface area contributed by atoms with Crippen molar-refractivity contribution >= 4 is 27.5 Å². The standard InChI is InChI=1S/C34H35F3N6O2/c35-26-6-1-18-9-22(44)10-25(28(18)30(26)37)23-4-5-24-31(29(23)36)40-33(41-32(24)43-13-20-2-3-21(14-43)39-20)45-17-34(7-8-34)16-42-12-19-11-38-27(19)15-42/h1,4-6,9-10,19-21,27,38-39,44H,2-3,7-8,11-17H2. The lowest BCUT2D eigenvalue weighted by Crippen LogP contribution is -2.51. The molecule has 8 nitrogen and oxygen atoms in total. The minimum atomic E-state index is -1.10. The number of rotatable bonds is 7. The van der Waals surface area contributed by atoms with Crippen molar-refractivity contribution in [1.29, 1.82) is 0 Å². The largest absolute Gasteiger partial charge is 0.508 e. The van der Waals surface area contributed by atoms with Crippen molar-refractivity contribution in [3.8, 4) is 22.9 Å². The number of phenolic OH excluding ortho intramolecular Hbond substituents is 1. The van der Waals surface area contributed by atoms with Gasteiger partial charge < -0.3 is 30.3 Å². The summed E-state index contributed by atoms with van der Waals surface area (Å²) in [5.41, 5.74) is 0.160. The second-order valence-electron chi connectivity index (χ2n) is 13.9. The van der Waals surface area contributed by atoms with Crippen LogP contribution in [-0.2, 0) is 0 Å². The number of aromatic hydroxyl groups is 1. The zero-order chi connectivity index (χ0) is 30.4. The van der Waals surface area contributed by atoms with Crippen molar-refractivity contribution in [2.75, 3.05) is 50.8 Å². The molecule has 11 heteroatoms. The zero-order valence-corrected chi connectivity index (χ0v) is 24.8. The number of likely N-dealkylation sites (tertiary alicyclic amines) is 1. The Morgan fingerprint density at radius 3 is 2.47 bits per heavy atom. The van der Waals surface area contributed by atoms with E-state index in [-0.39, 0.29) is 44.6 Å². The quantitative estimate of drug-likeness (QED) is 0.279. The third kappa shape index (κ3) is 4.70. The average Bonchev–Trinajstić information content (AvgIpc) is 3.63. The van der Waals surface area contributed by atoms with E-state index in [1.165, 1.54) is 24.3 Å². The molecule has 4 aromatic rings. The summed E-state index contributed by atoms with van der Waals surface area (Å²) < 4.78 is 52.5. The maximum atomic E-state index is 16.7. The van der Waals surface area contributed by atoms with Gasteiger partial charge in [-0.15, -0.1) is 0 Å². The van der Waals surface area contributed by atoms with Gasteiger partial charge in [-0.25, -0.2) is 13.2 Å². The molecule has 4 atom stereocenters. The summed E-state index contributed by atoms with van der Waals surface area (Å²) in [5, 5.41) is 18.3. The number of anilines is 1. The molecule has 1 aliphatic carbocycles. The Labute approximate surface area is 258 Å². The van der Waals surface area contributed by atoms with Gasteiger partial charge in [-0.05, 0) is 60.9 Å². The van der Waals surface area contributed by atoms with Gasteiger partial charge in [-0.2, -0.15) is 9.97 Å². The number of aromatic nitrogens is 2. The third-order valence-electron chi connectivity index (χ3n) is 10.7. The molecule has 1 aromatic heterocycles. The van der Waals surface area contributed by atoms with E-state index < -0.39 is 17.5 Å². The predicted octanol–water partition coefficient (Wildman–Crippen LogP) is 4.58. The molecule has 4 aliphatic heterocycles. The van der Waals surface area contributed by atoms with Gasteiger partial charge in [0.2, 0.25) is 0 Å². The Morgan fingerprint density at radius 1 is 0.933 bits per heavy atom. The number of phenols is 1. The van der Waals surface area contributed by atoms with Crippen molar-refractivity contribution in [3.05, 3.63) is 53.8 Å². The summed E-state index contributed by atoms with van der Waals surface area (Å²) in [6.07, 6.45) is 4.29. The number of nitrogens with zero attached hydrogens (tertiary/aromatic N) is 4. The number of hydrogen-bond acceptors (Lipinski definition) is 8. The second kappa shape index (κ2) is 10.2. The molecule has 45 heavy (non-hydrogen) atoms. The number of fused-ring (bicyclic) bond motifs is 5. The highest BCUT2D eigenvalue weighted by Gasteiger charge is 2.48. The Hall–Kier alpha value is -3.67. The summed E-state index contributed by atoms with van der Waals surface area (Å²) in [6.45, 7) is 6.17. The minimum absolute atomic E-state index is 0.0137. The summed E-state index contributed by atoms with van der Waals surface area (Å²) in [4.78, 5) is 14.2. The summed E-state index contributed by atoms with van der Waals surface area (Å²) >= 11 is 0. The van der Waals surface area contributed by atoms with E-state index in [9.17, 15) is 9.50 Å². The molecule has 0 amide bonds. The maximum Gasteiger partial charge on any atom is 0.319 e. The van der Waals surface area contributed by atoms with E-state index in [2.05, 4.69) is 25.4 Å². The van der Waals surface area contributed by atoms with Gasteiger partial charge in [0.05, 0.1) is 6.61 Å². The number of benzene rings is 3. The minimum Gasteiger partial charge on any atom is -0.508 e. The fourth-order valence-electron chi connectivity index (χ4n) is 8.09. The van der Waals surface area contributed by atoms with Gasteiger partial charge in [0.25, 0.3) is 0 Å². The molecule has 5 fully saturated rings.